The van der Waals surface area contributed by atoms with Crippen molar-refractivity contribution in [3.63, 3.8) is 0 Å². The molecule has 0 saturated carbocycles. The van der Waals surface area contributed by atoms with Crippen LogP contribution in [-0.2, 0) is 0 Å². The molecule has 1 N–H and O–H groups in total. The zero-order chi connectivity index (χ0) is 12.8. The predicted octanol–water partition coefficient (Wildman–Crippen LogP) is 3.00. The van der Waals surface area contributed by atoms with Gasteiger partial charge in [-0.3, -0.25) is 0 Å². The van der Waals surface area contributed by atoms with Crippen molar-refractivity contribution in [3.8, 4) is 12.3 Å². The molecule has 0 aliphatic heterocycles. The van der Waals surface area contributed by atoms with Crippen molar-refractivity contribution >= 4 is 27.6 Å². The van der Waals surface area contributed by atoms with Crippen LogP contribution in [0.2, 0.25) is 0 Å². The molecule has 0 atom stereocenters. The SMILES string of the molecule is C#CCN(CCC)c1ccc(C(=O)O)cc1Br. The number of rotatable bonds is 5. The van der Waals surface area contributed by atoms with Gasteiger partial charge < -0.3 is 10.0 Å². The average Bonchev–Trinajstić information content (AvgIpc) is 2.28. The van der Waals surface area contributed by atoms with Gasteiger partial charge in [0.2, 0.25) is 0 Å². The Labute approximate surface area is 110 Å². The fraction of sp³-hybridized carbons (Fsp3) is 0.308. The first-order chi connectivity index (χ1) is 8.10. The lowest BCUT2D eigenvalue weighted by atomic mass is 10.2. The number of nitrogens with zero attached hydrogens (tertiary/aromatic N) is 1. The highest BCUT2D eigenvalue weighted by Gasteiger charge is 2.11. The van der Waals surface area contributed by atoms with E-state index in [-0.39, 0.29) is 5.56 Å². The Morgan fingerprint density at radius 2 is 2.29 bits per heavy atom. The highest BCUT2D eigenvalue weighted by Crippen LogP contribution is 2.27. The number of halogens is 1. The fourth-order valence-corrected chi connectivity index (χ4v) is 2.19. The molecule has 0 radical (unpaired) electrons. The Morgan fingerprint density at radius 3 is 2.76 bits per heavy atom. The van der Waals surface area contributed by atoms with E-state index < -0.39 is 5.97 Å². The average molecular weight is 296 g/mol. The minimum Gasteiger partial charge on any atom is -0.478 e. The van der Waals surface area contributed by atoms with Crippen LogP contribution in [0.1, 0.15) is 23.7 Å². The Hall–Kier alpha value is -1.47. The standard InChI is InChI=1S/C13H14BrNO2/c1-3-7-15(8-4-2)12-6-5-10(13(16)17)9-11(12)14/h1,5-6,9H,4,7-8H2,2H3,(H,16,17). The van der Waals surface area contributed by atoms with Gasteiger partial charge in [-0.25, -0.2) is 4.79 Å². The third-order valence-electron chi connectivity index (χ3n) is 2.31. The molecule has 0 saturated heterocycles. The number of terminal acetylenes is 1. The van der Waals surface area contributed by atoms with Crippen LogP contribution in [-0.4, -0.2) is 24.2 Å². The summed E-state index contributed by atoms with van der Waals surface area (Å²) in [5, 5.41) is 8.88. The van der Waals surface area contributed by atoms with Gasteiger partial charge in [-0.2, -0.15) is 0 Å². The van der Waals surface area contributed by atoms with Gasteiger partial charge in [0, 0.05) is 11.0 Å². The molecular formula is C13H14BrNO2. The first-order valence-electron chi connectivity index (χ1n) is 5.31. The first-order valence-corrected chi connectivity index (χ1v) is 6.10. The molecule has 0 unspecified atom stereocenters. The highest BCUT2D eigenvalue weighted by molar-refractivity contribution is 9.10. The molecule has 4 heteroatoms. The molecule has 17 heavy (non-hydrogen) atoms. The molecule has 0 amide bonds. The zero-order valence-corrected chi connectivity index (χ0v) is 11.2. The molecule has 0 aliphatic rings. The largest absolute Gasteiger partial charge is 0.478 e. The lowest BCUT2D eigenvalue weighted by Gasteiger charge is -2.23. The molecule has 1 aromatic rings. The van der Waals surface area contributed by atoms with Crippen LogP contribution in [0.5, 0.6) is 0 Å². The van der Waals surface area contributed by atoms with Crippen LogP contribution in [0, 0.1) is 12.3 Å². The van der Waals surface area contributed by atoms with Crippen LogP contribution in [0.3, 0.4) is 0 Å². The van der Waals surface area contributed by atoms with Gasteiger partial charge in [0.25, 0.3) is 0 Å². The van der Waals surface area contributed by atoms with Gasteiger partial charge in [-0.1, -0.05) is 12.8 Å². The molecule has 3 nitrogen and oxygen atoms in total. The number of carboxylic acids is 1. The summed E-state index contributed by atoms with van der Waals surface area (Å²) in [5.74, 6) is 1.67. The van der Waals surface area contributed by atoms with E-state index in [1.165, 1.54) is 0 Å². The molecule has 1 rings (SSSR count). The van der Waals surface area contributed by atoms with E-state index in [9.17, 15) is 4.79 Å². The topological polar surface area (TPSA) is 40.5 Å². The summed E-state index contributed by atoms with van der Waals surface area (Å²) in [5.41, 5.74) is 1.19. The van der Waals surface area contributed by atoms with E-state index in [1.807, 2.05) is 4.90 Å². The molecule has 0 bridgehead atoms. The van der Waals surface area contributed by atoms with Crippen molar-refractivity contribution < 1.29 is 9.90 Å². The molecule has 1 aromatic carbocycles. The maximum Gasteiger partial charge on any atom is 0.335 e. The van der Waals surface area contributed by atoms with Crippen LogP contribution >= 0.6 is 15.9 Å². The smallest absolute Gasteiger partial charge is 0.335 e. The molecule has 0 heterocycles. The summed E-state index contributed by atoms with van der Waals surface area (Å²) in [6, 6.07) is 4.96. The Bertz CT molecular complexity index is 451. The monoisotopic (exact) mass is 295 g/mol. The van der Waals surface area contributed by atoms with Crippen LogP contribution in [0.25, 0.3) is 0 Å². The van der Waals surface area contributed by atoms with Crippen LogP contribution in [0.4, 0.5) is 5.69 Å². The predicted molar refractivity (Wildman–Crippen MR) is 72.4 cm³/mol. The van der Waals surface area contributed by atoms with Crippen molar-refractivity contribution in [3.05, 3.63) is 28.2 Å². The van der Waals surface area contributed by atoms with E-state index >= 15 is 0 Å². The number of carbonyl (C=O) groups is 1. The Morgan fingerprint density at radius 1 is 1.59 bits per heavy atom. The van der Waals surface area contributed by atoms with Crippen molar-refractivity contribution in [2.45, 2.75) is 13.3 Å². The van der Waals surface area contributed by atoms with E-state index in [1.54, 1.807) is 18.2 Å². The lowest BCUT2D eigenvalue weighted by molar-refractivity contribution is 0.0697. The summed E-state index contributed by atoms with van der Waals surface area (Å²) in [6.07, 6.45) is 6.31. The Kier molecular flexibility index (Phi) is 5.05. The third-order valence-corrected chi connectivity index (χ3v) is 2.95. The van der Waals surface area contributed by atoms with Gasteiger partial charge in [-0.05, 0) is 40.5 Å². The number of carboxylic acid groups (broad SMARTS) is 1. The quantitative estimate of drug-likeness (QED) is 0.849. The van der Waals surface area contributed by atoms with Crippen molar-refractivity contribution in [2.24, 2.45) is 0 Å². The van der Waals surface area contributed by atoms with Gasteiger partial charge >= 0.3 is 5.97 Å². The summed E-state index contributed by atoms with van der Waals surface area (Å²) in [6.45, 7) is 3.43. The van der Waals surface area contributed by atoms with Crippen LogP contribution < -0.4 is 4.90 Å². The minimum atomic E-state index is -0.934. The summed E-state index contributed by atoms with van der Waals surface area (Å²) < 4.78 is 0.751. The Balaban J connectivity index is 3.04. The maximum absolute atomic E-state index is 10.8. The molecule has 0 aliphatic carbocycles. The fourth-order valence-electron chi connectivity index (χ4n) is 1.56. The second-order valence-corrected chi connectivity index (χ2v) is 4.45. The molecule has 0 aromatic heterocycles. The maximum atomic E-state index is 10.8. The third kappa shape index (κ3) is 3.50. The number of anilines is 1. The summed E-state index contributed by atoms with van der Waals surface area (Å²) >= 11 is 3.38. The number of aromatic carboxylic acids is 1. The zero-order valence-electron chi connectivity index (χ0n) is 9.61. The minimum absolute atomic E-state index is 0.262. The van der Waals surface area contributed by atoms with Crippen molar-refractivity contribution in [1.82, 2.24) is 0 Å². The molecular weight excluding hydrogens is 282 g/mol. The van der Waals surface area contributed by atoms with Crippen molar-refractivity contribution in [1.29, 1.82) is 0 Å². The lowest BCUT2D eigenvalue weighted by Crippen LogP contribution is -2.24. The number of hydrogen-bond donors (Lipinski definition) is 1. The molecule has 0 fully saturated rings. The van der Waals surface area contributed by atoms with Crippen molar-refractivity contribution in [2.75, 3.05) is 18.0 Å². The second kappa shape index (κ2) is 6.31. The second-order valence-electron chi connectivity index (χ2n) is 3.60. The number of hydrogen-bond acceptors (Lipinski definition) is 2. The van der Waals surface area contributed by atoms with E-state index in [2.05, 4.69) is 28.8 Å². The normalized spacial score (nSPS) is 9.71. The summed E-state index contributed by atoms with van der Waals surface area (Å²) in [4.78, 5) is 12.9. The van der Waals surface area contributed by atoms with E-state index in [4.69, 9.17) is 11.5 Å². The summed E-state index contributed by atoms with van der Waals surface area (Å²) in [7, 11) is 0. The van der Waals surface area contributed by atoms with E-state index in [0.29, 0.717) is 6.54 Å². The van der Waals surface area contributed by atoms with Gasteiger partial charge in [0.05, 0.1) is 17.8 Å². The van der Waals surface area contributed by atoms with Gasteiger partial charge in [0.15, 0.2) is 0 Å². The number of benzene rings is 1. The molecule has 90 valence electrons. The van der Waals surface area contributed by atoms with Crippen LogP contribution in [0.15, 0.2) is 22.7 Å². The first kappa shape index (κ1) is 13.6. The van der Waals surface area contributed by atoms with Gasteiger partial charge in [0.1, 0.15) is 0 Å². The highest BCUT2D eigenvalue weighted by atomic mass is 79.9. The van der Waals surface area contributed by atoms with Gasteiger partial charge in [-0.15, -0.1) is 6.42 Å². The molecule has 0 spiro atoms. The van der Waals surface area contributed by atoms with E-state index in [0.717, 1.165) is 23.1 Å².